The normalized spacial score (nSPS) is 9.31. The summed E-state index contributed by atoms with van der Waals surface area (Å²) in [6.07, 6.45) is -0.880. The van der Waals surface area contributed by atoms with Crippen molar-refractivity contribution in [3.05, 3.63) is 18.2 Å². The first-order valence-corrected chi connectivity index (χ1v) is 4.27. The average molecular weight is 225 g/mol. The minimum absolute atomic E-state index is 0.0172. The predicted molar refractivity (Wildman–Crippen MR) is 57.1 cm³/mol. The average Bonchev–Trinajstić information content (AvgIpc) is 2.22. The van der Waals surface area contributed by atoms with Crippen molar-refractivity contribution in [3.8, 4) is 5.75 Å². The zero-order chi connectivity index (χ0) is 12.1. The van der Waals surface area contributed by atoms with Gasteiger partial charge in [0.25, 0.3) is 0 Å². The van der Waals surface area contributed by atoms with Gasteiger partial charge in [-0.2, -0.15) is 0 Å². The summed E-state index contributed by atoms with van der Waals surface area (Å²) in [6, 6.07) is 3.25. The fourth-order valence-electron chi connectivity index (χ4n) is 0.961. The molecule has 3 amide bonds. The monoisotopic (exact) mass is 225 g/mol. The molecule has 0 saturated carbocycles. The smallest absolute Gasteiger partial charge is 0.415 e. The molecule has 0 aliphatic heterocycles. The van der Waals surface area contributed by atoms with E-state index in [2.05, 4.69) is 10.1 Å². The maximum Gasteiger partial charge on any atom is 0.415 e. The lowest BCUT2D eigenvalue weighted by molar-refractivity contribution is 0.172. The maximum atomic E-state index is 11.2. The highest BCUT2D eigenvalue weighted by atomic mass is 16.5. The molecular weight excluding hydrogens is 214 g/mol. The van der Waals surface area contributed by atoms with Gasteiger partial charge in [0, 0.05) is 6.07 Å². The summed E-state index contributed by atoms with van der Waals surface area (Å²) < 4.78 is 4.23. The summed E-state index contributed by atoms with van der Waals surface area (Å²) >= 11 is 0. The standard InChI is InChI=1S/C9H11N3O4/c1-16-9(15)12-8(14)11-7-3-2-5(13)4-6(7)10/h2-4,13H,10H2,1H3,(H2,11,12,14,15). The predicted octanol–water partition coefficient (Wildman–Crippen LogP) is 0.862. The molecule has 0 aromatic heterocycles. The number of carbonyl (C=O) groups is 2. The Bertz CT molecular complexity index is 419. The van der Waals surface area contributed by atoms with Gasteiger partial charge in [0.2, 0.25) is 0 Å². The first kappa shape index (κ1) is 11.6. The number of phenolic OH excluding ortho intramolecular Hbond substituents is 1. The number of urea groups is 1. The highest BCUT2D eigenvalue weighted by Crippen LogP contribution is 2.22. The Morgan fingerprint density at radius 3 is 2.69 bits per heavy atom. The summed E-state index contributed by atoms with van der Waals surface area (Å²) in [4.78, 5) is 21.9. The van der Waals surface area contributed by atoms with Crippen LogP contribution in [0.2, 0.25) is 0 Å². The third kappa shape index (κ3) is 3.05. The van der Waals surface area contributed by atoms with Crippen LogP contribution in [0.15, 0.2) is 18.2 Å². The van der Waals surface area contributed by atoms with E-state index in [1.807, 2.05) is 5.32 Å². The van der Waals surface area contributed by atoms with Gasteiger partial charge in [-0.25, -0.2) is 14.9 Å². The van der Waals surface area contributed by atoms with Crippen LogP contribution in [0, 0.1) is 0 Å². The number of amides is 3. The lowest BCUT2D eigenvalue weighted by atomic mass is 10.2. The lowest BCUT2D eigenvalue weighted by Gasteiger charge is -2.08. The molecule has 1 aromatic carbocycles. The molecule has 86 valence electrons. The maximum absolute atomic E-state index is 11.2. The highest BCUT2D eigenvalue weighted by molar-refractivity contribution is 6.00. The number of aromatic hydroxyl groups is 1. The van der Waals surface area contributed by atoms with E-state index in [1.54, 1.807) is 0 Å². The number of phenols is 1. The first-order chi connectivity index (χ1) is 7.52. The Morgan fingerprint density at radius 2 is 2.12 bits per heavy atom. The van der Waals surface area contributed by atoms with E-state index in [4.69, 9.17) is 10.8 Å². The van der Waals surface area contributed by atoms with E-state index in [0.717, 1.165) is 7.11 Å². The molecule has 16 heavy (non-hydrogen) atoms. The Hall–Kier alpha value is -2.44. The Balaban J connectivity index is 2.66. The molecule has 7 heteroatoms. The van der Waals surface area contributed by atoms with Crippen molar-refractivity contribution in [2.75, 3.05) is 18.2 Å². The summed E-state index contributed by atoms with van der Waals surface area (Å²) in [5, 5.41) is 13.3. The Kier molecular flexibility index (Phi) is 3.54. The summed E-state index contributed by atoms with van der Waals surface area (Å²) in [5.41, 5.74) is 5.97. The third-order valence-corrected chi connectivity index (χ3v) is 1.68. The number of anilines is 2. The minimum atomic E-state index is -0.880. The minimum Gasteiger partial charge on any atom is -0.508 e. The van der Waals surface area contributed by atoms with Gasteiger partial charge in [-0.05, 0) is 12.1 Å². The van der Waals surface area contributed by atoms with Crippen LogP contribution in [0.5, 0.6) is 5.75 Å². The van der Waals surface area contributed by atoms with Crippen molar-refractivity contribution in [2.24, 2.45) is 0 Å². The van der Waals surface area contributed by atoms with Gasteiger partial charge in [0.15, 0.2) is 0 Å². The Morgan fingerprint density at radius 1 is 1.44 bits per heavy atom. The van der Waals surface area contributed by atoms with Crippen LogP contribution in [0.3, 0.4) is 0 Å². The number of hydrogen-bond acceptors (Lipinski definition) is 5. The van der Waals surface area contributed by atoms with Crippen molar-refractivity contribution in [1.82, 2.24) is 5.32 Å². The molecule has 0 spiro atoms. The van der Waals surface area contributed by atoms with E-state index in [-0.39, 0.29) is 17.1 Å². The van der Waals surface area contributed by atoms with Crippen molar-refractivity contribution >= 4 is 23.5 Å². The van der Waals surface area contributed by atoms with Crippen molar-refractivity contribution in [2.45, 2.75) is 0 Å². The molecule has 0 saturated heterocycles. The van der Waals surface area contributed by atoms with Crippen LogP contribution < -0.4 is 16.4 Å². The lowest BCUT2D eigenvalue weighted by Crippen LogP contribution is -2.34. The number of ether oxygens (including phenoxy) is 1. The fraction of sp³-hybridized carbons (Fsp3) is 0.111. The van der Waals surface area contributed by atoms with E-state index in [1.165, 1.54) is 18.2 Å². The van der Waals surface area contributed by atoms with Gasteiger partial charge in [0.1, 0.15) is 5.75 Å². The first-order valence-electron chi connectivity index (χ1n) is 4.27. The Labute approximate surface area is 91.2 Å². The second kappa shape index (κ2) is 4.87. The number of benzene rings is 1. The largest absolute Gasteiger partial charge is 0.508 e. The number of hydrogen-bond donors (Lipinski definition) is 4. The zero-order valence-corrected chi connectivity index (χ0v) is 8.48. The van der Waals surface area contributed by atoms with Gasteiger partial charge in [0.05, 0.1) is 18.5 Å². The van der Waals surface area contributed by atoms with Crippen LogP contribution in [0.4, 0.5) is 21.0 Å². The molecule has 0 atom stereocenters. The summed E-state index contributed by atoms with van der Waals surface area (Å²) in [7, 11) is 1.14. The molecule has 0 aliphatic rings. The molecule has 1 rings (SSSR count). The van der Waals surface area contributed by atoms with Crippen LogP contribution in [0.1, 0.15) is 0 Å². The second-order valence-corrected chi connectivity index (χ2v) is 2.84. The van der Waals surface area contributed by atoms with E-state index < -0.39 is 12.1 Å². The molecule has 0 fully saturated rings. The number of nitrogen functional groups attached to an aromatic ring is 1. The number of methoxy groups -OCH3 is 1. The molecule has 5 N–H and O–H groups in total. The fourth-order valence-corrected chi connectivity index (χ4v) is 0.961. The topological polar surface area (TPSA) is 114 Å². The van der Waals surface area contributed by atoms with E-state index in [9.17, 15) is 9.59 Å². The van der Waals surface area contributed by atoms with Crippen LogP contribution in [-0.2, 0) is 4.74 Å². The molecule has 0 bridgehead atoms. The van der Waals surface area contributed by atoms with Gasteiger partial charge in [-0.3, -0.25) is 0 Å². The molecule has 0 heterocycles. The van der Waals surface area contributed by atoms with Crippen molar-refractivity contribution in [3.63, 3.8) is 0 Å². The quantitative estimate of drug-likeness (QED) is 0.418. The number of alkyl carbamates (subject to hydrolysis) is 1. The number of rotatable bonds is 1. The third-order valence-electron chi connectivity index (χ3n) is 1.68. The molecule has 1 aromatic rings. The van der Waals surface area contributed by atoms with Crippen molar-refractivity contribution < 1.29 is 19.4 Å². The van der Waals surface area contributed by atoms with Crippen molar-refractivity contribution in [1.29, 1.82) is 0 Å². The van der Waals surface area contributed by atoms with Gasteiger partial charge >= 0.3 is 12.1 Å². The van der Waals surface area contributed by atoms with Crippen LogP contribution in [0.25, 0.3) is 0 Å². The zero-order valence-electron chi connectivity index (χ0n) is 8.48. The van der Waals surface area contributed by atoms with Crippen LogP contribution in [-0.4, -0.2) is 24.3 Å². The second-order valence-electron chi connectivity index (χ2n) is 2.84. The molecule has 0 radical (unpaired) electrons. The van der Waals surface area contributed by atoms with Gasteiger partial charge in [-0.15, -0.1) is 0 Å². The van der Waals surface area contributed by atoms with Gasteiger partial charge < -0.3 is 20.9 Å². The molecule has 7 nitrogen and oxygen atoms in total. The van der Waals surface area contributed by atoms with Crippen LogP contribution >= 0.6 is 0 Å². The SMILES string of the molecule is COC(=O)NC(=O)Nc1ccc(O)cc1N. The highest BCUT2D eigenvalue weighted by Gasteiger charge is 2.08. The van der Waals surface area contributed by atoms with Gasteiger partial charge in [-0.1, -0.05) is 0 Å². The number of nitrogens with two attached hydrogens (primary N) is 1. The number of nitrogens with one attached hydrogen (secondary N) is 2. The summed E-state index contributed by atoms with van der Waals surface area (Å²) in [5.74, 6) is -0.0172. The molecule has 0 unspecified atom stereocenters. The molecular formula is C9H11N3O4. The van der Waals surface area contributed by atoms with E-state index >= 15 is 0 Å². The summed E-state index contributed by atoms with van der Waals surface area (Å²) in [6.45, 7) is 0. The molecule has 0 aliphatic carbocycles. The number of imide groups is 1. The number of carbonyl (C=O) groups excluding carboxylic acids is 2. The van der Waals surface area contributed by atoms with E-state index in [0.29, 0.717) is 0 Å².